The van der Waals surface area contributed by atoms with Crippen LogP contribution in [0.4, 0.5) is 10.9 Å². The zero-order valence-corrected chi connectivity index (χ0v) is 14.4. The van der Waals surface area contributed by atoms with Crippen LogP contribution >= 0.6 is 34.3 Å². The quantitative estimate of drug-likeness (QED) is 0.870. The molecule has 21 heavy (non-hydrogen) atoms. The molecule has 0 aliphatic carbocycles. The highest BCUT2D eigenvalue weighted by Gasteiger charge is 2.20. The summed E-state index contributed by atoms with van der Waals surface area (Å²) in [6.45, 7) is 4.51. The molecule has 0 fully saturated rings. The summed E-state index contributed by atoms with van der Waals surface area (Å²) in [7, 11) is 1.74. The summed E-state index contributed by atoms with van der Waals surface area (Å²) >= 11 is 8.64. The minimum Gasteiger partial charge on any atom is -0.382 e. The lowest BCUT2D eigenvalue weighted by Gasteiger charge is -2.15. The van der Waals surface area contributed by atoms with Crippen molar-refractivity contribution >= 4 is 51.1 Å². The third-order valence-corrected chi connectivity index (χ3v) is 4.83. The molecule has 0 radical (unpaired) electrons. The van der Waals surface area contributed by atoms with Crippen molar-refractivity contribution in [1.82, 2.24) is 9.88 Å². The van der Waals surface area contributed by atoms with Crippen molar-refractivity contribution in [2.24, 2.45) is 0 Å². The molecule has 114 valence electrons. The fraction of sp³-hybridized carbons (Fsp3) is 0.385. The molecule has 0 aliphatic rings. The fourth-order valence-corrected chi connectivity index (χ4v) is 3.88. The van der Waals surface area contributed by atoms with Crippen molar-refractivity contribution in [3.8, 4) is 0 Å². The van der Waals surface area contributed by atoms with Gasteiger partial charge in [-0.05, 0) is 26.0 Å². The average molecular weight is 345 g/mol. The van der Waals surface area contributed by atoms with E-state index in [4.69, 9.17) is 17.3 Å². The number of aromatic nitrogens is 1. The highest BCUT2D eigenvalue weighted by Crippen LogP contribution is 2.28. The number of halogens is 1. The van der Waals surface area contributed by atoms with Gasteiger partial charge in [0.2, 0.25) is 0 Å². The molecule has 0 aromatic carbocycles. The first kappa shape index (κ1) is 16.1. The smallest absolute Gasteiger partial charge is 0.267 e. The van der Waals surface area contributed by atoms with E-state index in [1.165, 1.54) is 22.7 Å². The lowest BCUT2D eigenvalue weighted by Crippen LogP contribution is -2.25. The number of nitrogens with zero attached hydrogens (tertiary/aromatic N) is 2. The van der Waals surface area contributed by atoms with E-state index in [1.807, 2.05) is 26.0 Å². The van der Waals surface area contributed by atoms with Crippen LogP contribution in [0.3, 0.4) is 0 Å². The first-order valence-electron chi connectivity index (χ1n) is 6.39. The maximum atomic E-state index is 12.4. The normalized spacial score (nSPS) is 10.9. The van der Waals surface area contributed by atoms with Gasteiger partial charge in [-0.15, -0.1) is 11.3 Å². The van der Waals surface area contributed by atoms with Gasteiger partial charge in [-0.2, -0.15) is 0 Å². The van der Waals surface area contributed by atoms with Gasteiger partial charge in [-0.3, -0.25) is 4.79 Å². The van der Waals surface area contributed by atoms with Crippen molar-refractivity contribution in [2.45, 2.75) is 26.4 Å². The lowest BCUT2D eigenvalue weighted by molar-refractivity contribution is 0.0792. The van der Waals surface area contributed by atoms with Crippen LogP contribution in [0.1, 0.15) is 28.4 Å². The first-order valence-corrected chi connectivity index (χ1v) is 8.40. The molecule has 0 atom stereocenters. The Kier molecular flexibility index (Phi) is 5.08. The molecule has 0 saturated carbocycles. The second-order valence-corrected chi connectivity index (χ2v) is 7.70. The van der Waals surface area contributed by atoms with Crippen LogP contribution in [-0.4, -0.2) is 28.9 Å². The van der Waals surface area contributed by atoms with E-state index < -0.39 is 0 Å². The van der Waals surface area contributed by atoms with E-state index in [1.54, 1.807) is 11.9 Å². The summed E-state index contributed by atoms with van der Waals surface area (Å²) < 4.78 is 0.714. The number of nitrogen functional groups attached to an aromatic ring is 1. The Balaban J connectivity index is 2.10. The predicted molar refractivity (Wildman–Crippen MR) is 90.4 cm³/mol. The Morgan fingerprint density at radius 3 is 2.76 bits per heavy atom. The third-order valence-electron chi connectivity index (χ3n) is 2.63. The van der Waals surface area contributed by atoms with Crippen LogP contribution in [0.15, 0.2) is 12.1 Å². The number of carbonyl (C=O) groups excluding carboxylic acids is 1. The standard InChI is InChI=1S/C13H17ClN4OS2/c1-7(2)16-13-17-11(15)10(21-13)12(19)18(3)6-8-4-5-9(14)20-8/h4-5,7H,6,15H2,1-3H3,(H,16,17). The van der Waals surface area contributed by atoms with E-state index in [0.29, 0.717) is 20.9 Å². The number of anilines is 2. The van der Waals surface area contributed by atoms with Gasteiger partial charge in [0.05, 0.1) is 10.9 Å². The van der Waals surface area contributed by atoms with Crippen LogP contribution < -0.4 is 11.1 Å². The largest absolute Gasteiger partial charge is 0.382 e. The molecule has 3 N–H and O–H groups in total. The molecule has 0 spiro atoms. The highest BCUT2D eigenvalue weighted by atomic mass is 35.5. The van der Waals surface area contributed by atoms with Gasteiger partial charge >= 0.3 is 0 Å². The predicted octanol–water partition coefficient (Wildman–Crippen LogP) is 3.53. The zero-order valence-electron chi connectivity index (χ0n) is 12.0. The molecule has 0 aliphatic heterocycles. The van der Waals surface area contributed by atoms with Crippen LogP contribution in [0, 0.1) is 0 Å². The molecule has 2 aromatic rings. The molecule has 2 rings (SSSR count). The summed E-state index contributed by atoms with van der Waals surface area (Å²) in [5.74, 6) is 0.135. The maximum absolute atomic E-state index is 12.4. The molecule has 0 bridgehead atoms. The Hall–Kier alpha value is -1.31. The van der Waals surface area contributed by atoms with E-state index in [-0.39, 0.29) is 17.8 Å². The van der Waals surface area contributed by atoms with Crippen molar-refractivity contribution < 1.29 is 4.79 Å². The number of nitrogens with two attached hydrogens (primary N) is 1. The van der Waals surface area contributed by atoms with Gasteiger partial charge in [-0.1, -0.05) is 22.9 Å². The first-order chi connectivity index (χ1) is 9.86. The van der Waals surface area contributed by atoms with Crippen molar-refractivity contribution in [2.75, 3.05) is 18.1 Å². The minimum atomic E-state index is -0.133. The second kappa shape index (κ2) is 6.64. The van der Waals surface area contributed by atoms with Gasteiger partial charge in [0.1, 0.15) is 10.7 Å². The van der Waals surface area contributed by atoms with Gasteiger partial charge in [0.15, 0.2) is 5.13 Å². The molecule has 0 saturated heterocycles. The summed E-state index contributed by atoms with van der Waals surface area (Å²) in [5, 5.41) is 3.82. The highest BCUT2D eigenvalue weighted by molar-refractivity contribution is 7.18. The molecular formula is C13H17ClN4OS2. The van der Waals surface area contributed by atoms with E-state index in [9.17, 15) is 4.79 Å². The van der Waals surface area contributed by atoms with Crippen molar-refractivity contribution in [3.05, 3.63) is 26.2 Å². The second-order valence-electron chi connectivity index (χ2n) is 4.90. The number of nitrogens with one attached hydrogen (secondary N) is 1. The number of amides is 1. The maximum Gasteiger partial charge on any atom is 0.267 e. The molecular weight excluding hydrogens is 328 g/mol. The van der Waals surface area contributed by atoms with E-state index in [2.05, 4.69) is 10.3 Å². The summed E-state index contributed by atoms with van der Waals surface area (Å²) in [4.78, 5) is 19.7. The SMILES string of the molecule is CC(C)Nc1nc(N)c(C(=O)N(C)Cc2ccc(Cl)s2)s1. The van der Waals surface area contributed by atoms with E-state index in [0.717, 1.165) is 4.88 Å². The van der Waals surface area contributed by atoms with Gasteiger partial charge in [0, 0.05) is 18.0 Å². The molecule has 0 unspecified atom stereocenters. The summed E-state index contributed by atoms with van der Waals surface area (Å²) in [5.41, 5.74) is 5.85. The Bertz CT molecular complexity index is 638. The van der Waals surface area contributed by atoms with E-state index >= 15 is 0 Å². The van der Waals surface area contributed by atoms with Crippen LogP contribution in [0.2, 0.25) is 4.34 Å². The monoisotopic (exact) mass is 344 g/mol. The number of rotatable bonds is 5. The summed E-state index contributed by atoms with van der Waals surface area (Å²) in [6.07, 6.45) is 0. The Morgan fingerprint density at radius 2 is 2.19 bits per heavy atom. The molecule has 8 heteroatoms. The van der Waals surface area contributed by atoms with Gasteiger partial charge < -0.3 is 16.0 Å². The lowest BCUT2D eigenvalue weighted by atomic mass is 10.4. The number of hydrogen-bond acceptors (Lipinski definition) is 6. The minimum absolute atomic E-state index is 0.133. The topological polar surface area (TPSA) is 71.2 Å². The third kappa shape index (κ3) is 4.09. The number of thiophene rings is 1. The molecule has 2 heterocycles. The fourth-order valence-electron chi connectivity index (χ4n) is 1.71. The summed E-state index contributed by atoms with van der Waals surface area (Å²) in [6, 6.07) is 3.98. The van der Waals surface area contributed by atoms with Crippen molar-refractivity contribution in [3.63, 3.8) is 0 Å². The molecule has 2 aromatic heterocycles. The van der Waals surface area contributed by atoms with Gasteiger partial charge in [-0.25, -0.2) is 4.98 Å². The number of carbonyl (C=O) groups is 1. The van der Waals surface area contributed by atoms with Crippen LogP contribution in [0.5, 0.6) is 0 Å². The number of thiazole rings is 1. The van der Waals surface area contributed by atoms with Gasteiger partial charge in [0.25, 0.3) is 5.91 Å². The van der Waals surface area contributed by atoms with Crippen LogP contribution in [-0.2, 0) is 6.54 Å². The Morgan fingerprint density at radius 1 is 1.48 bits per heavy atom. The van der Waals surface area contributed by atoms with Crippen LogP contribution in [0.25, 0.3) is 0 Å². The molecule has 1 amide bonds. The number of hydrogen-bond donors (Lipinski definition) is 2. The zero-order chi connectivity index (χ0) is 15.6. The Labute approximate surface area is 136 Å². The molecule has 5 nitrogen and oxygen atoms in total. The van der Waals surface area contributed by atoms with Crippen molar-refractivity contribution in [1.29, 1.82) is 0 Å². The average Bonchev–Trinajstić information content (AvgIpc) is 2.94.